The maximum atomic E-state index is 5.55. The quantitative estimate of drug-likeness (QED) is 0.447. The molecule has 1 heterocycles. The summed E-state index contributed by atoms with van der Waals surface area (Å²) in [5.74, 6) is 0.951. The minimum absolute atomic E-state index is 0.296. The van der Waals surface area contributed by atoms with Gasteiger partial charge in [0.1, 0.15) is 0 Å². The molecule has 2 rings (SSSR count). The lowest BCUT2D eigenvalue weighted by Crippen LogP contribution is -2.60. The fraction of sp³-hybridized carbons (Fsp3) is 0.941. The Morgan fingerprint density at radius 1 is 1.14 bits per heavy atom. The number of nitrogens with zero attached hydrogens (tertiary/aromatic N) is 2. The molecule has 22 heavy (non-hydrogen) atoms. The Morgan fingerprint density at radius 2 is 1.86 bits per heavy atom. The SMILES string of the molecule is CCCCNC(=NC)NCC1(N2CCOCC2)CCCCC1. The van der Waals surface area contributed by atoms with Crippen LogP contribution in [0.2, 0.25) is 0 Å². The Labute approximate surface area is 135 Å². The molecule has 0 aromatic carbocycles. The summed E-state index contributed by atoms with van der Waals surface area (Å²) in [5, 5.41) is 7.02. The summed E-state index contributed by atoms with van der Waals surface area (Å²) >= 11 is 0. The van der Waals surface area contributed by atoms with E-state index in [0.717, 1.165) is 45.4 Å². The molecule has 0 bridgehead atoms. The van der Waals surface area contributed by atoms with E-state index >= 15 is 0 Å². The molecule has 5 heteroatoms. The van der Waals surface area contributed by atoms with Crippen molar-refractivity contribution in [3.05, 3.63) is 0 Å². The van der Waals surface area contributed by atoms with Gasteiger partial charge in [-0.3, -0.25) is 9.89 Å². The van der Waals surface area contributed by atoms with Crippen molar-refractivity contribution in [3.8, 4) is 0 Å². The molecule has 0 aromatic rings. The Morgan fingerprint density at radius 3 is 2.50 bits per heavy atom. The first-order chi connectivity index (χ1) is 10.8. The molecule has 0 unspecified atom stereocenters. The third-order valence-corrected chi connectivity index (χ3v) is 5.10. The van der Waals surface area contributed by atoms with Gasteiger partial charge >= 0.3 is 0 Å². The Balaban J connectivity index is 1.91. The van der Waals surface area contributed by atoms with Crippen LogP contribution in [0.3, 0.4) is 0 Å². The van der Waals surface area contributed by atoms with Crippen LogP contribution in [0.15, 0.2) is 4.99 Å². The Bertz CT molecular complexity index is 334. The van der Waals surface area contributed by atoms with Crippen molar-refractivity contribution in [1.82, 2.24) is 15.5 Å². The number of rotatable bonds is 6. The van der Waals surface area contributed by atoms with Crippen molar-refractivity contribution in [1.29, 1.82) is 0 Å². The van der Waals surface area contributed by atoms with Crippen LogP contribution in [-0.4, -0.2) is 62.8 Å². The first kappa shape index (κ1) is 17.5. The molecule has 5 nitrogen and oxygen atoms in total. The molecule has 1 saturated carbocycles. The molecule has 0 amide bonds. The monoisotopic (exact) mass is 310 g/mol. The number of guanidine groups is 1. The van der Waals surface area contributed by atoms with Crippen LogP contribution >= 0.6 is 0 Å². The second-order valence-corrected chi connectivity index (χ2v) is 6.59. The van der Waals surface area contributed by atoms with Crippen LogP contribution in [0.25, 0.3) is 0 Å². The molecule has 2 aliphatic rings. The van der Waals surface area contributed by atoms with Crippen molar-refractivity contribution < 1.29 is 4.74 Å². The summed E-state index contributed by atoms with van der Waals surface area (Å²) in [7, 11) is 1.86. The number of nitrogens with one attached hydrogen (secondary N) is 2. The molecule has 1 saturated heterocycles. The van der Waals surface area contributed by atoms with Crippen molar-refractivity contribution in [3.63, 3.8) is 0 Å². The summed E-state index contributed by atoms with van der Waals surface area (Å²) in [4.78, 5) is 7.04. The number of hydrogen-bond acceptors (Lipinski definition) is 3. The second-order valence-electron chi connectivity index (χ2n) is 6.59. The van der Waals surface area contributed by atoms with E-state index < -0.39 is 0 Å². The average Bonchev–Trinajstić information content (AvgIpc) is 2.59. The van der Waals surface area contributed by atoms with E-state index in [-0.39, 0.29) is 0 Å². The summed E-state index contributed by atoms with van der Waals surface area (Å²) < 4.78 is 5.55. The van der Waals surface area contributed by atoms with Crippen LogP contribution in [0, 0.1) is 0 Å². The van der Waals surface area contributed by atoms with Crippen LogP contribution in [0.5, 0.6) is 0 Å². The fourth-order valence-corrected chi connectivity index (χ4v) is 3.70. The first-order valence-electron chi connectivity index (χ1n) is 9.08. The highest BCUT2D eigenvalue weighted by molar-refractivity contribution is 5.79. The fourth-order valence-electron chi connectivity index (χ4n) is 3.70. The number of unbranched alkanes of at least 4 members (excludes halogenated alkanes) is 1. The number of ether oxygens (including phenoxy) is 1. The highest BCUT2D eigenvalue weighted by Gasteiger charge is 2.38. The molecule has 0 spiro atoms. The molecular formula is C17H34N4O. The average molecular weight is 310 g/mol. The molecule has 0 aromatic heterocycles. The first-order valence-corrected chi connectivity index (χ1v) is 9.08. The van der Waals surface area contributed by atoms with Gasteiger partial charge in [-0.05, 0) is 19.3 Å². The summed E-state index contributed by atoms with van der Waals surface area (Å²) in [5.41, 5.74) is 0.296. The summed E-state index contributed by atoms with van der Waals surface area (Å²) in [6.45, 7) is 8.12. The van der Waals surface area contributed by atoms with E-state index in [1.54, 1.807) is 0 Å². The zero-order valence-corrected chi connectivity index (χ0v) is 14.5. The van der Waals surface area contributed by atoms with Gasteiger partial charge in [-0.2, -0.15) is 0 Å². The topological polar surface area (TPSA) is 48.9 Å². The molecule has 128 valence electrons. The third kappa shape index (κ3) is 4.85. The van der Waals surface area contributed by atoms with Gasteiger partial charge in [0.05, 0.1) is 13.2 Å². The Hall–Kier alpha value is -0.810. The summed E-state index contributed by atoms with van der Waals surface area (Å²) in [6.07, 6.45) is 9.08. The lowest BCUT2D eigenvalue weighted by Gasteiger charge is -2.48. The normalized spacial score (nSPS) is 23.3. The van der Waals surface area contributed by atoms with E-state index in [2.05, 4.69) is 27.4 Å². The summed E-state index contributed by atoms with van der Waals surface area (Å²) in [6, 6.07) is 0. The maximum absolute atomic E-state index is 5.55. The highest BCUT2D eigenvalue weighted by Crippen LogP contribution is 2.33. The number of morpholine rings is 1. The largest absolute Gasteiger partial charge is 0.379 e. The standard InChI is InChI=1S/C17H34N4O/c1-3-4-10-19-16(18-2)20-15-17(8-6-5-7-9-17)21-11-13-22-14-12-21/h3-15H2,1-2H3,(H2,18,19,20). The second kappa shape index (κ2) is 9.36. The number of hydrogen-bond donors (Lipinski definition) is 2. The van der Waals surface area contributed by atoms with E-state index in [4.69, 9.17) is 4.74 Å². The van der Waals surface area contributed by atoms with Crippen molar-refractivity contribution in [2.45, 2.75) is 57.4 Å². The minimum atomic E-state index is 0.296. The Kier molecular flexibility index (Phi) is 7.46. The molecule has 1 aliphatic carbocycles. The van der Waals surface area contributed by atoms with Crippen molar-refractivity contribution in [2.24, 2.45) is 4.99 Å². The van der Waals surface area contributed by atoms with Gasteiger partial charge in [-0.25, -0.2) is 0 Å². The van der Waals surface area contributed by atoms with Crippen LogP contribution in [0.4, 0.5) is 0 Å². The van der Waals surface area contributed by atoms with Crippen molar-refractivity contribution >= 4 is 5.96 Å². The molecular weight excluding hydrogens is 276 g/mol. The smallest absolute Gasteiger partial charge is 0.191 e. The lowest BCUT2D eigenvalue weighted by molar-refractivity contribution is -0.0352. The molecule has 0 atom stereocenters. The van der Waals surface area contributed by atoms with Gasteiger partial charge in [0.2, 0.25) is 0 Å². The van der Waals surface area contributed by atoms with E-state index in [9.17, 15) is 0 Å². The molecule has 2 N–H and O–H groups in total. The van der Waals surface area contributed by atoms with E-state index in [1.807, 2.05) is 7.05 Å². The van der Waals surface area contributed by atoms with Crippen LogP contribution in [-0.2, 0) is 4.74 Å². The zero-order valence-electron chi connectivity index (χ0n) is 14.5. The van der Waals surface area contributed by atoms with Gasteiger partial charge in [-0.1, -0.05) is 32.6 Å². The predicted molar refractivity (Wildman–Crippen MR) is 92.5 cm³/mol. The van der Waals surface area contributed by atoms with E-state index in [0.29, 0.717) is 5.54 Å². The van der Waals surface area contributed by atoms with Crippen LogP contribution < -0.4 is 10.6 Å². The van der Waals surface area contributed by atoms with Gasteiger partial charge in [-0.15, -0.1) is 0 Å². The van der Waals surface area contributed by atoms with Gasteiger partial charge < -0.3 is 15.4 Å². The van der Waals surface area contributed by atoms with Gasteiger partial charge in [0.15, 0.2) is 5.96 Å². The third-order valence-electron chi connectivity index (χ3n) is 5.10. The zero-order chi connectivity index (χ0) is 15.7. The lowest BCUT2D eigenvalue weighted by atomic mass is 9.80. The van der Waals surface area contributed by atoms with E-state index in [1.165, 1.54) is 44.9 Å². The molecule has 0 radical (unpaired) electrons. The maximum Gasteiger partial charge on any atom is 0.191 e. The van der Waals surface area contributed by atoms with Gasteiger partial charge in [0, 0.05) is 38.8 Å². The molecule has 2 fully saturated rings. The predicted octanol–water partition coefficient (Wildman–Crippen LogP) is 1.99. The number of aliphatic imine (C=N–C) groups is 1. The van der Waals surface area contributed by atoms with Crippen LogP contribution in [0.1, 0.15) is 51.9 Å². The highest BCUT2D eigenvalue weighted by atomic mass is 16.5. The van der Waals surface area contributed by atoms with Crippen molar-refractivity contribution in [2.75, 3.05) is 46.4 Å². The van der Waals surface area contributed by atoms with Gasteiger partial charge in [0.25, 0.3) is 0 Å². The molecule has 1 aliphatic heterocycles. The minimum Gasteiger partial charge on any atom is -0.379 e.